The molecule has 2 aliphatic heterocycles. The third-order valence-electron chi connectivity index (χ3n) is 7.56. The zero-order valence-corrected chi connectivity index (χ0v) is 23.5. The van der Waals surface area contributed by atoms with Crippen molar-refractivity contribution in [2.75, 3.05) is 32.1 Å². The molecule has 5 heterocycles. The Bertz CT molecular complexity index is 1450. The monoisotopic (exact) mass is 564 g/mol. The molecule has 0 saturated carbocycles. The molecular weight excluding hydrogens is 528 g/mol. The number of aromatic nitrogens is 5. The Labute approximate surface area is 238 Å². The first-order valence-electron chi connectivity index (χ1n) is 13.9. The van der Waals surface area contributed by atoms with E-state index in [-0.39, 0.29) is 18.4 Å². The largest absolute Gasteiger partial charge is 0.453 e. The number of imidazole rings is 1. The van der Waals surface area contributed by atoms with E-state index in [9.17, 15) is 14.7 Å². The molecule has 3 N–H and O–H groups in total. The second-order valence-electron chi connectivity index (χ2n) is 10.3. The van der Waals surface area contributed by atoms with Crippen LogP contribution in [0.1, 0.15) is 50.4 Å². The number of nitrogens with zero attached hydrogens (tertiary/aromatic N) is 6. The number of fused-ring (bicyclic) bond motifs is 1. The van der Waals surface area contributed by atoms with Crippen LogP contribution in [0.4, 0.5) is 10.6 Å². The topological polar surface area (TPSA) is 149 Å². The number of likely N-dealkylation sites (tertiary alicyclic amines) is 1. The van der Waals surface area contributed by atoms with Gasteiger partial charge in [-0.05, 0) is 43.7 Å². The van der Waals surface area contributed by atoms with Gasteiger partial charge in [0.25, 0.3) is 5.91 Å². The van der Waals surface area contributed by atoms with Crippen LogP contribution in [0.5, 0.6) is 0 Å². The average molecular weight is 565 g/mol. The minimum absolute atomic E-state index is 0.217. The summed E-state index contributed by atoms with van der Waals surface area (Å²) in [5.74, 6) is 7.23. The summed E-state index contributed by atoms with van der Waals surface area (Å²) in [7, 11) is 3.37. The third-order valence-corrected chi connectivity index (χ3v) is 7.56. The van der Waals surface area contributed by atoms with Gasteiger partial charge >= 0.3 is 6.09 Å². The number of nitrogens with one attached hydrogen (secondary N) is 2. The molecule has 3 atom stereocenters. The highest BCUT2D eigenvalue weighted by atomic mass is 16.5. The number of aliphatic hydroxyl groups excluding tert-OH is 1. The van der Waals surface area contributed by atoms with Gasteiger partial charge in [0.15, 0.2) is 23.1 Å². The highest BCUT2D eigenvalue weighted by Crippen LogP contribution is 2.32. The first-order chi connectivity index (χ1) is 19.9. The summed E-state index contributed by atoms with van der Waals surface area (Å²) in [4.78, 5) is 39.8. The molecule has 218 valence electrons. The predicted molar refractivity (Wildman–Crippen MR) is 149 cm³/mol. The Kier molecular flexibility index (Phi) is 8.70. The van der Waals surface area contributed by atoms with Gasteiger partial charge in [-0.2, -0.15) is 0 Å². The fraction of sp³-hybridized carbons (Fsp3) is 0.536. The highest BCUT2D eigenvalue weighted by molar-refractivity contribution is 5.84. The van der Waals surface area contributed by atoms with Crippen molar-refractivity contribution in [3.8, 4) is 11.8 Å². The van der Waals surface area contributed by atoms with Gasteiger partial charge in [0, 0.05) is 51.4 Å². The molecule has 41 heavy (non-hydrogen) atoms. The van der Waals surface area contributed by atoms with Gasteiger partial charge in [-0.25, -0.2) is 19.7 Å². The van der Waals surface area contributed by atoms with E-state index in [2.05, 4.69) is 32.4 Å². The third kappa shape index (κ3) is 6.28. The maximum absolute atomic E-state index is 12.4. The number of rotatable bonds is 7. The minimum atomic E-state index is -0.973. The van der Waals surface area contributed by atoms with Gasteiger partial charge in [0.1, 0.15) is 6.23 Å². The van der Waals surface area contributed by atoms with Crippen molar-refractivity contribution in [3.05, 3.63) is 36.2 Å². The molecule has 5 rings (SSSR count). The van der Waals surface area contributed by atoms with Crippen molar-refractivity contribution in [2.45, 2.75) is 57.6 Å². The molecule has 2 aliphatic rings. The van der Waals surface area contributed by atoms with Crippen LogP contribution in [-0.2, 0) is 27.9 Å². The molecule has 0 aromatic carbocycles. The molecule has 0 radical (unpaired) electrons. The van der Waals surface area contributed by atoms with E-state index in [1.54, 1.807) is 15.8 Å². The first kappa shape index (κ1) is 28.4. The lowest BCUT2D eigenvalue weighted by atomic mass is 9.94. The highest BCUT2D eigenvalue weighted by Gasteiger charge is 2.40. The van der Waals surface area contributed by atoms with Crippen molar-refractivity contribution in [3.63, 3.8) is 0 Å². The second kappa shape index (κ2) is 12.6. The van der Waals surface area contributed by atoms with Crippen LogP contribution in [0.25, 0.3) is 11.2 Å². The van der Waals surface area contributed by atoms with E-state index < -0.39 is 18.4 Å². The molecule has 0 aliphatic carbocycles. The quantitative estimate of drug-likeness (QED) is 0.365. The van der Waals surface area contributed by atoms with E-state index >= 15 is 0 Å². The Hall–Kier alpha value is -4.15. The smallest absolute Gasteiger partial charge is 0.409 e. The molecule has 0 bridgehead atoms. The Morgan fingerprint density at radius 1 is 1.27 bits per heavy atom. The standard InChI is InChI=1S/C28H36N8O5/c1-4-29-27(38)24-20(37)15-22(41-24)36-17-31-23-25(30-16-19-8-6-12-34(19)2)32-21(33-26(23)36)9-5-7-18-10-13-35(14-11-18)28(39)40-3/h6,8,12,17-18,20,22,24,37H,4,7,10-11,13-16H2,1-3H3,(H,29,38)(H,30,32,33)/t20-,22-,24+/m1/s1. The van der Waals surface area contributed by atoms with E-state index in [1.165, 1.54) is 7.11 Å². The lowest BCUT2D eigenvalue weighted by Crippen LogP contribution is -2.40. The Morgan fingerprint density at radius 2 is 2.07 bits per heavy atom. The van der Waals surface area contributed by atoms with Crippen LogP contribution >= 0.6 is 0 Å². The number of piperidine rings is 1. The van der Waals surface area contributed by atoms with E-state index in [0.717, 1.165) is 18.5 Å². The van der Waals surface area contributed by atoms with Crippen molar-refractivity contribution in [2.24, 2.45) is 13.0 Å². The molecule has 3 aromatic heterocycles. The molecule has 3 aromatic rings. The lowest BCUT2D eigenvalue weighted by Gasteiger charge is -2.29. The van der Waals surface area contributed by atoms with Crippen molar-refractivity contribution in [1.82, 2.24) is 34.3 Å². The van der Waals surface area contributed by atoms with Gasteiger partial charge in [-0.1, -0.05) is 5.92 Å². The summed E-state index contributed by atoms with van der Waals surface area (Å²) in [5.41, 5.74) is 2.10. The van der Waals surface area contributed by atoms with Crippen LogP contribution in [0.15, 0.2) is 24.7 Å². The fourth-order valence-corrected chi connectivity index (χ4v) is 5.22. The number of amides is 2. The molecular formula is C28H36N8O5. The molecule has 0 spiro atoms. The molecule has 2 amide bonds. The normalized spacial score (nSPS) is 21.0. The summed E-state index contributed by atoms with van der Waals surface area (Å²) in [6, 6.07) is 3.99. The SMILES string of the molecule is CCNC(=O)[C@H]1O[C@@H](n2cnc3c(NCc4cccn4C)nc(C#CCC4CCN(C(=O)OC)CC4)nc32)C[C@H]1O. The number of ether oxygens (including phenoxy) is 2. The zero-order chi connectivity index (χ0) is 28.9. The average Bonchev–Trinajstić information content (AvgIpc) is 3.69. The van der Waals surface area contributed by atoms with Crippen LogP contribution < -0.4 is 10.6 Å². The summed E-state index contributed by atoms with van der Waals surface area (Å²) in [5, 5.41) is 16.6. The molecule has 2 fully saturated rings. The zero-order valence-electron chi connectivity index (χ0n) is 23.5. The van der Waals surface area contributed by atoms with Crippen LogP contribution in [0.2, 0.25) is 0 Å². The van der Waals surface area contributed by atoms with Gasteiger partial charge < -0.3 is 34.7 Å². The number of anilines is 1. The van der Waals surface area contributed by atoms with Crippen molar-refractivity contribution < 1.29 is 24.2 Å². The van der Waals surface area contributed by atoms with Gasteiger partial charge in [0.2, 0.25) is 5.82 Å². The minimum Gasteiger partial charge on any atom is -0.453 e. The summed E-state index contributed by atoms with van der Waals surface area (Å²) in [6.45, 7) is 4.08. The molecule has 13 nitrogen and oxygen atoms in total. The summed E-state index contributed by atoms with van der Waals surface area (Å²) < 4.78 is 14.5. The number of hydrogen-bond acceptors (Lipinski definition) is 9. The van der Waals surface area contributed by atoms with Gasteiger partial charge in [0.05, 0.1) is 26.1 Å². The van der Waals surface area contributed by atoms with E-state index in [1.807, 2.05) is 36.9 Å². The number of carbonyl (C=O) groups is 2. The van der Waals surface area contributed by atoms with E-state index in [4.69, 9.17) is 14.5 Å². The fourth-order valence-electron chi connectivity index (χ4n) is 5.22. The van der Waals surface area contributed by atoms with Gasteiger partial charge in [-0.3, -0.25) is 9.36 Å². The predicted octanol–water partition coefficient (Wildman–Crippen LogP) is 1.78. The van der Waals surface area contributed by atoms with Crippen molar-refractivity contribution >= 4 is 29.0 Å². The molecule has 13 heteroatoms. The Morgan fingerprint density at radius 3 is 2.78 bits per heavy atom. The maximum Gasteiger partial charge on any atom is 0.409 e. The molecule has 2 saturated heterocycles. The summed E-state index contributed by atoms with van der Waals surface area (Å²) in [6.07, 6.45) is 3.31. The van der Waals surface area contributed by atoms with Crippen LogP contribution in [0.3, 0.4) is 0 Å². The number of aliphatic hydroxyl groups is 1. The summed E-state index contributed by atoms with van der Waals surface area (Å²) >= 11 is 0. The first-order valence-corrected chi connectivity index (χ1v) is 13.9. The molecule has 0 unspecified atom stereocenters. The lowest BCUT2D eigenvalue weighted by molar-refractivity contribution is -0.137. The number of carbonyl (C=O) groups excluding carboxylic acids is 2. The van der Waals surface area contributed by atoms with E-state index in [0.29, 0.717) is 61.3 Å². The number of methoxy groups -OCH3 is 1. The van der Waals surface area contributed by atoms with Gasteiger partial charge in [-0.15, -0.1) is 0 Å². The van der Waals surface area contributed by atoms with Crippen molar-refractivity contribution in [1.29, 1.82) is 0 Å². The number of aryl methyl sites for hydroxylation is 1. The maximum atomic E-state index is 12.4. The van der Waals surface area contributed by atoms with Crippen LogP contribution in [0, 0.1) is 17.8 Å². The number of hydrogen-bond donors (Lipinski definition) is 3. The van der Waals surface area contributed by atoms with Crippen LogP contribution in [-0.4, -0.2) is 85.0 Å². The second-order valence-corrected chi connectivity index (χ2v) is 10.3. The number of likely N-dealkylation sites (N-methyl/N-ethyl adjacent to an activating group) is 1. The Balaban J connectivity index is 1.38.